The fourth-order valence-corrected chi connectivity index (χ4v) is 3.80. The van der Waals surface area contributed by atoms with Crippen LogP contribution in [0.1, 0.15) is 41.7 Å². The summed E-state index contributed by atoms with van der Waals surface area (Å²) in [4.78, 5) is 19.2. The summed E-state index contributed by atoms with van der Waals surface area (Å²) < 4.78 is 38.9. The zero-order valence-electron chi connectivity index (χ0n) is 14.4. The molecule has 2 fully saturated rings. The van der Waals surface area contributed by atoms with Gasteiger partial charge in [0.15, 0.2) is 0 Å². The Hall–Kier alpha value is -1.87. The number of piperidine rings is 2. The fourth-order valence-electron chi connectivity index (χ4n) is 3.80. The SMILES string of the molecule is NC(=O)c1ccc(C(F)(F)F)nc1N1CCC(N2CCC[C@H](O)C2)CC1. The maximum Gasteiger partial charge on any atom is 0.433 e. The molecule has 26 heavy (non-hydrogen) atoms. The van der Waals surface area contributed by atoms with Crippen LogP contribution in [0.3, 0.4) is 0 Å². The molecule has 9 heteroatoms. The smallest absolute Gasteiger partial charge is 0.392 e. The van der Waals surface area contributed by atoms with E-state index < -0.39 is 17.8 Å². The van der Waals surface area contributed by atoms with Crippen molar-refractivity contribution in [1.82, 2.24) is 9.88 Å². The van der Waals surface area contributed by atoms with Gasteiger partial charge in [0.1, 0.15) is 11.5 Å². The number of primary amides is 1. The minimum absolute atomic E-state index is 0.00412. The highest BCUT2D eigenvalue weighted by atomic mass is 19.4. The summed E-state index contributed by atoms with van der Waals surface area (Å²) >= 11 is 0. The predicted octanol–water partition coefficient (Wildman–Crippen LogP) is 1.62. The Kier molecular flexibility index (Phi) is 5.38. The lowest BCUT2D eigenvalue weighted by Gasteiger charge is -2.42. The zero-order valence-corrected chi connectivity index (χ0v) is 14.4. The number of β-amino-alcohol motifs (C(OH)–C–C–N with tert-alkyl or cyclic N) is 1. The van der Waals surface area contributed by atoms with Gasteiger partial charge in [-0.3, -0.25) is 9.69 Å². The number of nitrogens with two attached hydrogens (primary N) is 1. The predicted molar refractivity (Wildman–Crippen MR) is 89.8 cm³/mol. The molecule has 0 aliphatic carbocycles. The first-order valence-corrected chi connectivity index (χ1v) is 8.81. The third kappa shape index (κ3) is 4.09. The molecule has 3 heterocycles. The van der Waals surface area contributed by atoms with E-state index >= 15 is 0 Å². The number of alkyl halides is 3. The molecule has 144 valence electrons. The number of hydrogen-bond acceptors (Lipinski definition) is 5. The van der Waals surface area contributed by atoms with Gasteiger partial charge in [-0.25, -0.2) is 4.98 Å². The summed E-state index contributed by atoms with van der Waals surface area (Å²) in [6.45, 7) is 2.55. The van der Waals surface area contributed by atoms with Crippen molar-refractivity contribution in [1.29, 1.82) is 0 Å². The van der Waals surface area contributed by atoms with Crippen LogP contribution in [0.4, 0.5) is 19.0 Å². The number of rotatable bonds is 3. The van der Waals surface area contributed by atoms with Crippen molar-refractivity contribution < 1.29 is 23.1 Å². The van der Waals surface area contributed by atoms with Crippen LogP contribution in [0.5, 0.6) is 0 Å². The Morgan fingerprint density at radius 2 is 1.88 bits per heavy atom. The van der Waals surface area contributed by atoms with Crippen LogP contribution in [0.15, 0.2) is 12.1 Å². The third-order valence-corrected chi connectivity index (χ3v) is 5.14. The molecule has 0 saturated carbocycles. The molecule has 0 bridgehead atoms. The maximum absolute atomic E-state index is 13.0. The van der Waals surface area contributed by atoms with Crippen LogP contribution in [0.2, 0.25) is 0 Å². The van der Waals surface area contributed by atoms with Crippen molar-refractivity contribution in [2.75, 3.05) is 31.1 Å². The van der Waals surface area contributed by atoms with E-state index in [9.17, 15) is 23.1 Å². The molecule has 0 aromatic carbocycles. The number of hydrogen-bond donors (Lipinski definition) is 2. The first kappa shape index (κ1) is 18.9. The molecule has 2 aliphatic heterocycles. The lowest BCUT2D eigenvalue weighted by Crippen LogP contribution is -2.50. The Morgan fingerprint density at radius 1 is 1.19 bits per heavy atom. The van der Waals surface area contributed by atoms with Crippen LogP contribution in [0, 0.1) is 0 Å². The number of amides is 1. The maximum atomic E-state index is 13.0. The van der Waals surface area contributed by atoms with Crippen molar-refractivity contribution >= 4 is 11.7 Å². The van der Waals surface area contributed by atoms with Gasteiger partial charge in [0.05, 0.1) is 11.7 Å². The number of pyridine rings is 1. The molecule has 3 rings (SSSR count). The van der Waals surface area contributed by atoms with Gasteiger partial charge in [0.2, 0.25) is 0 Å². The quantitative estimate of drug-likeness (QED) is 0.843. The van der Waals surface area contributed by atoms with Crippen LogP contribution in [-0.2, 0) is 6.18 Å². The molecular formula is C17H23F3N4O2. The average molecular weight is 372 g/mol. The Morgan fingerprint density at radius 3 is 2.46 bits per heavy atom. The molecule has 1 atom stereocenters. The summed E-state index contributed by atoms with van der Waals surface area (Å²) in [5.41, 5.74) is 4.29. The highest BCUT2D eigenvalue weighted by Gasteiger charge is 2.35. The molecule has 6 nitrogen and oxygen atoms in total. The molecule has 1 amide bonds. The first-order chi connectivity index (χ1) is 12.3. The van der Waals surface area contributed by atoms with E-state index in [-0.39, 0.29) is 23.5 Å². The number of carbonyl (C=O) groups is 1. The number of halogens is 3. The number of anilines is 1. The van der Waals surface area contributed by atoms with E-state index in [0.717, 1.165) is 44.4 Å². The van der Waals surface area contributed by atoms with Gasteiger partial charge >= 0.3 is 6.18 Å². The third-order valence-electron chi connectivity index (χ3n) is 5.14. The first-order valence-electron chi connectivity index (χ1n) is 8.81. The van der Waals surface area contributed by atoms with Crippen molar-refractivity contribution in [2.45, 2.75) is 44.0 Å². The second-order valence-electron chi connectivity index (χ2n) is 6.94. The molecule has 0 radical (unpaired) electrons. The van der Waals surface area contributed by atoms with Gasteiger partial charge in [0.25, 0.3) is 5.91 Å². The Labute approximate surface area is 149 Å². The van der Waals surface area contributed by atoms with E-state index in [1.807, 2.05) is 0 Å². The van der Waals surface area contributed by atoms with E-state index in [0.29, 0.717) is 19.6 Å². The molecule has 3 N–H and O–H groups in total. The fraction of sp³-hybridized carbons (Fsp3) is 0.647. The Balaban J connectivity index is 1.74. The zero-order chi connectivity index (χ0) is 18.9. The number of likely N-dealkylation sites (tertiary alicyclic amines) is 1. The van der Waals surface area contributed by atoms with Crippen molar-refractivity contribution in [2.24, 2.45) is 5.73 Å². The van der Waals surface area contributed by atoms with E-state index in [4.69, 9.17) is 5.73 Å². The number of aromatic nitrogens is 1. The second kappa shape index (κ2) is 7.40. The summed E-state index contributed by atoms with van der Waals surface area (Å²) in [7, 11) is 0. The molecule has 1 aromatic rings. The molecule has 2 saturated heterocycles. The second-order valence-corrected chi connectivity index (χ2v) is 6.94. The molecular weight excluding hydrogens is 349 g/mol. The normalized spacial score (nSPS) is 23.2. The lowest BCUT2D eigenvalue weighted by molar-refractivity contribution is -0.141. The van der Waals surface area contributed by atoms with Crippen molar-refractivity contribution in [3.8, 4) is 0 Å². The highest BCUT2D eigenvalue weighted by molar-refractivity contribution is 5.97. The van der Waals surface area contributed by atoms with Crippen molar-refractivity contribution in [3.63, 3.8) is 0 Å². The molecule has 0 spiro atoms. The van der Waals surface area contributed by atoms with E-state index in [2.05, 4.69) is 9.88 Å². The van der Waals surface area contributed by atoms with Crippen LogP contribution in [-0.4, -0.2) is 59.2 Å². The minimum Gasteiger partial charge on any atom is -0.392 e. The number of carbonyl (C=O) groups excluding carboxylic acids is 1. The lowest BCUT2D eigenvalue weighted by atomic mass is 9.98. The highest BCUT2D eigenvalue weighted by Crippen LogP contribution is 2.32. The van der Waals surface area contributed by atoms with E-state index in [1.165, 1.54) is 0 Å². The van der Waals surface area contributed by atoms with Gasteiger partial charge in [-0.15, -0.1) is 0 Å². The molecule has 0 unspecified atom stereocenters. The van der Waals surface area contributed by atoms with Gasteiger partial charge in [0, 0.05) is 25.7 Å². The van der Waals surface area contributed by atoms with Gasteiger partial charge in [-0.05, 0) is 44.4 Å². The number of aliphatic hydroxyl groups excluding tert-OH is 1. The van der Waals surface area contributed by atoms with Crippen molar-refractivity contribution in [3.05, 3.63) is 23.4 Å². The average Bonchev–Trinajstić information content (AvgIpc) is 2.60. The summed E-state index contributed by atoms with van der Waals surface area (Å²) in [5.74, 6) is -0.785. The van der Waals surface area contributed by atoms with Gasteiger partial charge in [-0.1, -0.05) is 0 Å². The summed E-state index contributed by atoms with van der Waals surface area (Å²) in [6.07, 6.45) is -1.65. The summed E-state index contributed by atoms with van der Waals surface area (Å²) in [6, 6.07) is 2.16. The van der Waals surface area contributed by atoms with E-state index in [1.54, 1.807) is 4.90 Å². The number of aliphatic hydroxyl groups is 1. The monoisotopic (exact) mass is 372 g/mol. The van der Waals surface area contributed by atoms with Crippen LogP contribution in [0.25, 0.3) is 0 Å². The number of nitrogens with zero attached hydrogens (tertiary/aromatic N) is 3. The van der Waals surface area contributed by atoms with Gasteiger partial charge in [-0.2, -0.15) is 13.2 Å². The topological polar surface area (TPSA) is 82.7 Å². The van der Waals surface area contributed by atoms with Crippen LogP contribution < -0.4 is 10.6 Å². The van der Waals surface area contributed by atoms with Crippen LogP contribution >= 0.6 is 0 Å². The molecule has 2 aliphatic rings. The summed E-state index contributed by atoms with van der Waals surface area (Å²) in [5, 5.41) is 9.82. The minimum atomic E-state index is -4.58. The largest absolute Gasteiger partial charge is 0.433 e. The Bertz CT molecular complexity index is 660. The standard InChI is InChI=1S/C17H23F3N4O2/c18-17(19,20)14-4-3-13(15(21)26)16(22-14)23-8-5-11(6-9-23)24-7-1-2-12(25)10-24/h3-4,11-12,25H,1-2,5-10H2,(H2,21,26)/t12-/m0/s1. The molecule has 1 aromatic heterocycles. The van der Waals surface area contributed by atoms with Gasteiger partial charge < -0.3 is 15.7 Å².